The van der Waals surface area contributed by atoms with Crippen molar-refractivity contribution in [2.24, 2.45) is 0 Å². The molecule has 0 aliphatic carbocycles. The average molecular weight is 483 g/mol. The molecule has 176 valence electrons. The van der Waals surface area contributed by atoms with Crippen LogP contribution in [-0.4, -0.2) is 10.8 Å². The Morgan fingerprint density at radius 1 is 0.943 bits per heavy atom. The molecule has 1 aromatic heterocycles. The summed E-state index contributed by atoms with van der Waals surface area (Å²) in [5.74, 6) is 0.647. The van der Waals surface area contributed by atoms with Crippen LogP contribution < -0.4 is 55.5 Å². The molecule has 4 aromatic rings. The molecule has 0 amide bonds. The number of ether oxygens (including phenoxy) is 2. The molecule has 0 radical (unpaired) electrons. The van der Waals surface area contributed by atoms with Crippen molar-refractivity contribution in [2.75, 3.05) is 0 Å². The Hall–Kier alpha value is -3.00. The molecule has 0 fully saturated rings. The molecule has 0 bridgehead atoms. The molecule has 0 aliphatic rings. The SMILES string of the molecule is Cc1cccc(C)c1-c1cc(COc2ccc(Cn3oc(=O)[n-]c3=O)cc2)ccc1OC(C)C.[Na+]. The van der Waals surface area contributed by atoms with Gasteiger partial charge >= 0.3 is 35.3 Å². The number of hydrogen-bond acceptors (Lipinski definition) is 5. The molecular formula is C27H27N2NaO5. The molecule has 8 heteroatoms. The van der Waals surface area contributed by atoms with Crippen LogP contribution in [0.2, 0.25) is 0 Å². The van der Waals surface area contributed by atoms with Crippen molar-refractivity contribution >= 4 is 0 Å². The van der Waals surface area contributed by atoms with Gasteiger partial charge in [0.1, 0.15) is 18.1 Å². The quantitative estimate of drug-likeness (QED) is 0.354. The predicted octanol–water partition coefficient (Wildman–Crippen LogP) is 1.46. The van der Waals surface area contributed by atoms with E-state index in [1.807, 2.05) is 50.2 Å². The first-order chi connectivity index (χ1) is 16.3. The Morgan fingerprint density at radius 2 is 1.60 bits per heavy atom. The molecule has 4 rings (SSSR count). The second-order valence-corrected chi connectivity index (χ2v) is 8.48. The van der Waals surface area contributed by atoms with Crippen LogP contribution in [0.3, 0.4) is 0 Å². The summed E-state index contributed by atoms with van der Waals surface area (Å²) in [7, 11) is 0. The monoisotopic (exact) mass is 482 g/mol. The van der Waals surface area contributed by atoms with Crippen LogP contribution in [-0.2, 0) is 13.2 Å². The van der Waals surface area contributed by atoms with E-state index >= 15 is 0 Å². The van der Waals surface area contributed by atoms with Crippen LogP contribution in [0, 0.1) is 13.8 Å². The van der Waals surface area contributed by atoms with Crippen LogP contribution in [0.25, 0.3) is 11.1 Å². The van der Waals surface area contributed by atoms with Gasteiger partial charge in [0.25, 0.3) is 0 Å². The molecule has 1 heterocycles. The summed E-state index contributed by atoms with van der Waals surface area (Å²) >= 11 is 0. The molecule has 3 aromatic carbocycles. The number of rotatable bonds is 8. The van der Waals surface area contributed by atoms with Crippen LogP contribution in [0.5, 0.6) is 11.5 Å². The fraction of sp³-hybridized carbons (Fsp3) is 0.259. The van der Waals surface area contributed by atoms with Crippen LogP contribution in [0.15, 0.2) is 74.8 Å². The molecule has 0 saturated carbocycles. The average Bonchev–Trinajstić information content (AvgIpc) is 3.10. The van der Waals surface area contributed by atoms with E-state index in [1.165, 1.54) is 16.7 Å². The molecule has 7 nitrogen and oxygen atoms in total. The van der Waals surface area contributed by atoms with E-state index in [0.717, 1.165) is 27.2 Å². The Labute approximate surface area is 226 Å². The molecule has 0 spiro atoms. The van der Waals surface area contributed by atoms with Crippen molar-refractivity contribution in [3.8, 4) is 22.6 Å². The minimum absolute atomic E-state index is 0. The molecule has 0 unspecified atom stereocenters. The number of nitrogens with zero attached hydrogens (tertiary/aromatic N) is 2. The van der Waals surface area contributed by atoms with Gasteiger partial charge in [-0.1, -0.05) is 36.4 Å². The van der Waals surface area contributed by atoms with E-state index in [2.05, 4.69) is 43.1 Å². The van der Waals surface area contributed by atoms with Gasteiger partial charge in [-0.15, -0.1) is 0 Å². The van der Waals surface area contributed by atoms with Gasteiger partial charge < -0.3 is 19.0 Å². The maximum atomic E-state index is 11.6. The number of hydrogen-bond donors (Lipinski definition) is 0. The smallest absolute Gasteiger partial charge is 0.490 e. The van der Waals surface area contributed by atoms with Crippen molar-refractivity contribution in [1.29, 1.82) is 0 Å². The summed E-state index contributed by atoms with van der Waals surface area (Å²) in [5, 5.41) is 0. The Morgan fingerprint density at radius 3 is 2.20 bits per heavy atom. The summed E-state index contributed by atoms with van der Waals surface area (Å²) in [4.78, 5) is 25.8. The molecule has 0 saturated heterocycles. The van der Waals surface area contributed by atoms with Crippen LogP contribution in [0.1, 0.15) is 36.1 Å². The van der Waals surface area contributed by atoms with E-state index in [1.54, 1.807) is 0 Å². The van der Waals surface area contributed by atoms with Crippen molar-refractivity contribution < 1.29 is 43.6 Å². The van der Waals surface area contributed by atoms with Crippen molar-refractivity contribution in [3.63, 3.8) is 0 Å². The maximum absolute atomic E-state index is 11.6. The molecule has 35 heavy (non-hydrogen) atoms. The largest absolute Gasteiger partial charge is 1.00 e. The Kier molecular flexibility index (Phi) is 8.83. The van der Waals surface area contributed by atoms with Gasteiger partial charge in [-0.3, -0.25) is 9.53 Å². The van der Waals surface area contributed by atoms with Gasteiger partial charge in [0.2, 0.25) is 0 Å². The van der Waals surface area contributed by atoms with Gasteiger partial charge in [-0.05, 0) is 79.8 Å². The zero-order valence-corrected chi connectivity index (χ0v) is 22.7. The van der Waals surface area contributed by atoms with Crippen molar-refractivity contribution in [2.45, 2.75) is 47.0 Å². The second-order valence-electron chi connectivity index (χ2n) is 8.48. The van der Waals surface area contributed by atoms with E-state index in [9.17, 15) is 9.59 Å². The Balaban J connectivity index is 0.00000342. The first-order valence-electron chi connectivity index (χ1n) is 11.1. The second kappa shape index (κ2) is 11.6. The third-order valence-electron chi connectivity index (χ3n) is 5.40. The Bertz CT molecular complexity index is 1380. The molecular weight excluding hydrogens is 455 g/mol. The predicted molar refractivity (Wildman–Crippen MR) is 130 cm³/mol. The molecule has 0 atom stereocenters. The summed E-state index contributed by atoms with van der Waals surface area (Å²) < 4.78 is 17.8. The molecule has 0 aliphatic heterocycles. The zero-order chi connectivity index (χ0) is 24.2. The number of aromatic nitrogens is 2. The van der Waals surface area contributed by atoms with Crippen LogP contribution >= 0.6 is 0 Å². The summed E-state index contributed by atoms with van der Waals surface area (Å²) in [5.41, 5.74) is 5.72. The van der Waals surface area contributed by atoms with Gasteiger partial charge in [0.05, 0.1) is 6.10 Å². The summed E-state index contributed by atoms with van der Waals surface area (Å²) in [6.07, 6.45) is 0.0664. The third-order valence-corrected chi connectivity index (χ3v) is 5.40. The third kappa shape index (κ3) is 6.57. The van der Waals surface area contributed by atoms with E-state index < -0.39 is 11.4 Å². The van der Waals surface area contributed by atoms with E-state index in [-0.39, 0.29) is 42.2 Å². The first-order valence-corrected chi connectivity index (χ1v) is 11.1. The normalized spacial score (nSPS) is 10.8. The van der Waals surface area contributed by atoms with Crippen LogP contribution in [0.4, 0.5) is 0 Å². The fourth-order valence-corrected chi connectivity index (χ4v) is 3.87. The van der Waals surface area contributed by atoms with Crippen molar-refractivity contribution in [1.82, 2.24) is 9.72 Å². The summed E-state index contributed by atoms with van der Waals surface area (Å²) in [6, 6.07) is 19.7. The zero-order valence-electron chi connectivity index (χ0n) is 20.7. The summed E-state index contributed by atoms with van der Waals surface area (Å²) in [6.45, 7) is 8.78. The van der Waals surface area contributed by atoms with E-state index in [4.69, 9.17) is 14.0 Å². The maximum Gasteiger partial charge on any atom is 1.00 e. The molecule has 0 N–H and O–H groups in total. The van der Waals surface area contributed by atoms with Gasteiger partial charge in [-0.2, -0.15) is 0 Å². The topological polar surface area (TPSA) is 84.8 Å². The van der Waals surface area contributed by atoms with Gasteiger partial charge in [-0.25, -0.2) is 4.79 Å². The van der Waals surface area contributed by atoms with Gasteiger partial charge in [0, 0.05) is 12.1 Å². The van der Waals surface area contributed by atoms with E-state index in [0.29, 0.717) is 12.4 Å². The first kappa shape index (κ1) is 26.6. The fourth-order valence-electron chi connectivity index (χ4n) is 3.87. The van der Waals surface area contributed by atoms with Crippen molar-refractivity contribution in [3.05, 3.63) is 104 Å². The minimum atomic E-state index is -0.893. The minimum Gasteiger partial charge on any atom is -0.490 e. The van der Waals surface area contributed by atoms with Gasteiger partial charge in [0.15, 0.2) is 5.69 Å². The standard InChI is InChI=1S/C27H28N2O5.Na/c1-17(2)33-24-13-10-21(14-23(24)25-18(3)6-5-7-19(25)4)16-32-22-11-8-20(9-12-22)15-29-26(30)28-27(31)34-29;/h5-14,17H,15-16H2,1-4H3,(H,28,30,31);/q;+1/p-1. The number of benzene rings is 3. The number of aryl methyl sites for hydroxylation is 2.